The summed E-state index contributed by atoms with van der Waals surface area (Å²) in [4.78, 5) is 14.7. The fourth-order valence-corrected chi connectivity index (χ4v) is 4.91. The van der Waals surface area contributed by atoms with Crippen molar-refractivity contribution in [2.75, 3.05) is 31.1 Å². The van der Waals surface area contributed by atoms with Crippen LogP contribution in [0.1, 0.15) is 12.8 Å². The first kappa shape index (κ1) is 17.7. The van der Waals surface area contributed by atoms with E-state index in [4.69, 9.17) is 9.97 Å². The average Bonchev–Trinajstić information content (AvgIpc) is 3.37. The zero-order chi connectivity index (χ0) is 20.2. The molecule has 2 saturated heterocycles. The topological polar surface area (TPSA) is 70.3 Å². The number of hydrogen-bond acceptors (Lipinski definition) is 6. The lowest BCUT2D eigenvalue weighted by atomic mass is 10.1. The lowest BCUT2D eigenvalue weighted by molar-refractivity contribution is 0.230. The Balaban J connectivity index is 1.34. The van der Waals surface area contributed by atoms with Gasteiger partial charge in [-0.15, -0.1) is 0 Å². The average molecular weight is 400 g/mol. The summed E-state index contributed by atoms with van der Waals surface area (Å²) in [7, 11) is 1.88. The maximum atomic E-state index is 10.5. The molecule has 0 spiro atoms. The number of hydrogen-bond donors (Lipinski definition) is 1. The number of phenolic OH excluding ortho intramolecular Hbond substituents is 1. The van der Waals surface area contributed by atoms with Gasteiger partial charge in [0.15, 0.2) is 0 Å². The molecule has 1 atom stereocenters. The van der Waals surface area contributed by atoms with Gasteiger partial charge in [-0.2, -0.15) is 5.10 Å². The molecule has 6 rings (SSSR count). The molecule has 2 aliphatic heterocycles. The third-order valence-electron chi connectivity index (χ3n) is 6.45. The number of nitrogens with zero attached hydrogens (tertiary/aromatic N) is 6. The number of benzene rings is 1. The zero-order valence-corrected chi connectivity index (χ0v) is 17.0. The van der Waals surface area contributed by atoms with E-state index in [0.29, 0.717) is 11.6 Å². The molecule has 5 heterocycles. The molecule has 0 radical (unpaired) electrons. The Morgan fingerprint density at radius 2 is 1.83 bits per heavy atom. The third-order valence-corrected chi connectivity index (χ3v) is 6.45. The molecule has 7 nitrogen and oxygen atoms in total. The normalized spacial score (nSPS) is 19.6. The minimum Gasteiger partial charge on any atom is -0.507 e. The first-order chi connectivity index (χ1) is 14.6. The van der Waals surface area contributed by atoms with Crippen LogP contribution >= 0.6 is 0 Å². The van der Waals surface area contributed by atoms with Crippen LogP contribution in [0.5, 0.6) is 5.75 Å². The number of aromatic nitrogens is 4. The SMILES string of the molecule is Cn1cc2cc(-c3ccc4nc(N5CCN6CCCC6C5)ccc4n3)c(O)cc2n1. The van der Waals surface area contributed by atoms with Gasteiger partial charge in [-0.25, -0.2) is 9.97 Å². The first-order valence-corrected chi connectivity index (χ1v) is 10.6. The van der Waals surface area contributed by atoms with E-state index in [0.717, 1.165) is 53.1 Å². The van der Waals surface area contributed by atoms with Crippen molar-refractivity contribution in [3.63, 3.8) is 0 Å². The molecule has 0 saturated carbocycles. The molecule has 152 valence electrons. The number of piperazine rings is 1. The Hall–Kier alpha value is -3.19. The van der Waals surface area contributed by atoms with Crippen molar-refractivity contribution in [2.45, 2.75) is 18.9 Å². The van der Waals surface area contributed by atoms with Gasteiger partial charge >= 0.3 is 0 Å². The van der Waals surface area contributed by atoms with E-state index >= 15 is 0 Å². The van der Waals surface area contributed by atoms with Gasteiger partial charge in [-0.3, -0.25) is 9.58 Å². The number of aromatic hydroxyl groups is 1. The lowest BCUT2D eigenvalue weighted by Gasteiger charge is -2.38. The van der Waals surface area contributed by atoms with E-state index < -0.39 is 0 Å². The van der Waals surface area contributed by atoms with Crippen LogP contribution in [0, 0.1) is 0 Å². The summed E-state index contributed by atoms with van der Waals surface area (Å²) in [5.74, 6) is 1.22. The van der Waals surface area contributed by atoms with Gasteiger partial charge in [0.2, 0.25) is 0 Å². The van der Waals surface area contributed by atoms with Crippen molar-refractivity contribution >= 4 is 27.8 Å². The van der Waals surface area contributed by atoms with Gasteiger partial charge in [0, 0.05) is 55.9 Å². The molecule has 1 unspecified atom stereocenters. The Bertz CT molecular complexity index is 1270. The molecule has 1 N–H and O–H groups in total. The minimum atomic E-state index is 0.187. The molecular formula is C23H24N6O. The van der Waals surface area contributed by atoms with Crippen LogP contribution < -0.4 is 4.90 Å². The highest BCUT2D eigenvalue weighted by Crippen LogP contribution is 2.33. The van der Waals surface area contributed by atoms with E-state index in [1.54, 1.807) is 10.7 Å². The van der Waals surface area contributed by atoms with Crippen LogP contribution in [0.2, 0.25) is 0 Å². The molecule has 4 aromatic rings. The minimum absolute atomic E-state index is 0.187. The molecule has 0 bridgehead atoms. The van der Waals surface area contributed by atoms with E-state index in [1.165, 1.54) is 19.4 Å². The predicted molar refractivity (Wildman–Crippen MR) is 118 cm³/mol. The molecule has 1 aromatic carbocycles. The molecule has 2 fully saturated rings. The van der Waals surface area contributed by atoms with Crippen molar-refractivity contribution in [2.24, 2.45) is 7.05 Å². The Morgan fingerprint density at radius 3 is 2.77 bits per heavy atom. The number of pyridine rings is 2. The van der Waals surface area contributed by atoms with Crippen molar-refractivity contribution in [1.82, 2.24) is 24.6 Å². The number of anilines is 1. The highest BCUT2D eigenvalue weighted by molar-refractivity contribution is 5.88. The summed E-state index contributed by atoms with van der Waals surface area (Å²) >= 11 is 0. The highest BCUT2D eigenvalue weighted by Gasteiger charge is 2.31. The summed E-state index contributed by atoms with van der Waals surface area (Å²) in [6.45, 7) is 4.45. The molecule has 0 amide bonds. The lowest BCUT2D eigenvalue weighted by Crippen LogP contribution is -2.50. The van der Waals surface area contributed by atoms with Gasteiger partial charge in [0.1, 0.15) is 11.6 Å². The van der Waals surface area contributed by atoms with E-state index in [2.05, 4.69) is 21.0 Å². The van der Waals surface area contributed by atoms with Crippen molar-refractivity contribution in [3.8, 4) is 17.0 Å². The van der Waals surface area contributed by atoms with Gasteiger partial charge in [0.05, 0.1) is 22.2 Å². The third kappa shape index (κ3) is 2.89. The maximum absolute atomic E-state index is 10.5. The number of phenols is 1. The van der Waals surface area contributed by atoms with Crippen LogP contribution in [0.15, 0.2) is 42.6 Å². The van der Waals surface area contributed by atoms with Crippen molar-refractivity contribution < 1.29 is 5.11 Å². The van der Waals surface area contributed by atoms with Crippen LogP contribution in [0.3, 0.4) is 0 Å². The predicted octanol–water partition coefficient (Wildman–Crippen LogP) is 3.17. The maximum Gasteiger partial charge on any atom is 0.129 e. The second-order valence-corrected chi connectivity index (χ2v) is 8.41. The fraction of sp³-hybridized carbons (Fsp3) is 0.348. The summed E-state index contributed by atoms with van der Waals surface area (Å²) < 4.78 is 1.75. The summed E-state index contributed by atoms with van der Waals surface area (Å²) in [6, 6.07) is 12.4. The standard InChI is InChI=1S/C23H24N6O/c1-27-13-15-11-17(22(30)12-21(15)26-27)18-4-5-20-19(24-18)6-7-23(25-20)29-10-9-28-8-2-3-16(28)14-29/h4-7,11-13,16,30H,2-3,8-10,14H2,1H3. The fourth-order valence-electron chi connectivity index (χ4n) is 4.91. The Labute approximate surface area is 174 Å². The Morgan fingerprint density at radius 1 is 0.967 bits per heavy atom. The molecular weight excluding hydrogens is 376 g/mol. The largest absolute Gasteiger partial charge is 0.507 e. The van der Waals surface area contributed by atoms with Crippen molar-refractivity contribution in [3.05, 3.63) is 42.6 Å². The smallest absolute Gasteiger partial charge is 0.129 e. The van der Waals surface area contributed by atoms with E-state index in [-0.39, 0.29) is 5.75 Å². The zero-order valence-electron chi connectivity index (χ0n) is 17.0. The molecule has 7 heteroatoms. The van der Waals surface area contributed by atoms with Crippen LogP contribution in [-0.2, 0) is 7.05 Å². The number of rotatable bonds is 2. The van der Waals surface area contributed by atoms with Gasteiger partial charge in [0.25, 0.3) is 0 Å². The van der Waals surface area contributed by atoms with Crippen LogP contribution in [0.4, 0.5) is 5.82 Å². The summed E-state index contributed by atoms with van der Waals surface area (Å²) in [6.07, 6.45) is 4.55. The van der Waals surface area contributed by atoms with E-state index in [9.17, 15) is 5.11 Å². The molecule has 0 aliphatic carbocycles. The van der Waals surface area contributed by atoms with Crippen LogP contribution in [-0.4, -0.2) is 62.0 Å². The molecule has 3 aromatic heterocycles. The van der Waals surface area contributed by atoms with Gasteiger partial charge in [-0.1, -0.05) is 0 Å². The first-order valence-electron chi connectivity index (χ1n) is 10.6. The second-order valence-electron chi connectivity index (χ2n) is 8.41. The second kappa shape index (κ2) is 6.67. The summed E-state index contributed by atoms with van der Waals surface area (Å²) in [5, 5.41) is 15.8. The van der Waals surface area contributed by atoms with Gasteiger partial charge in [-0.05, 0) is 49.7 Å². The Kier molecular flexibility index (Phi) is 3.92. The van der Waals surface area contributed by atoms with Crippen molar-refractivity contribution in [1.29, 1.82) is 0 Å². The van der Waals surface area contributed by atoms with E-state index in [1.807, 2.05) is 37.5 Å². The number of aryl methyl sites for hydroxylation is 1. The highest BCUT2D eigenvalue weighted by atomic mass is 16.3. The quantitative estimate of drug-likeness (QED) is 0.557. The molecule has 2 aliphatic rings. The molecule has 30 heavy (non-hydrogen) atoms. The van der Waals surface area contributed by atoms with Crippen LogP contribution in [0.25, 0.3) is 33.2 Å². The summed E-state index contributed by atoms with van der Waals surface area (Å²) in [5.41, 5.74) is 3.93. The van der Waals surface area contributed by atoms with Gasteiger partial charge < -0.3 is 10.0 Å². The number of fused-ring (bicyclic) bond motifs is 3. The monoisotopic (exact) mass is 400 g/mol.